The fourth-order valence-electron chi connectivity index (χ4n) is 3.32. The lowest BCUT2D eigenvalue weighted by Gasteiger charge is -2.20. The van der Waals surface area contributed by atoms with E-state index in [1.807, 2.05) is 49.4 Å². The number of benzene rings is 3. The number of aromatic nitrogens is 4. The van der Waals surface area contributed by atoms with E-state index in [0.29, 0.717) is 6.42 Å². The molecular formula is C22H21N5O. The van der Waals surface area contributed by atoms with E-state index in [4.69, 9.17) is 0 Å². The Balaban J connectivity index is 1.54. The quantitative estimate of drug-likeness (QED) is 0.563. The number of hydrogen-bond donors (Lipinski definition) is 1. The fourth-order valence-corrected chi connectivity index (χ4v) is 3.32. The molecular weight excluding hydrogens is 350 g/mol. The summed E-state index contributed by atoms with van der Waals surface area (Å²) in [5.74, 6) is -0.114. The standard InChI is InChI=1S/C22H21N5O/c1-16(19-12-11-18-9-5-6-10-20(18)14-19)24-22(28)21(27-15-23-25-26-27)13-17-7-3-2-4-8-17/h2-12,14-16,21H,13H2,1H3,(H,24,28). The molecule has 1 heterocycles. The van der Waals surface area contributed by atoms with Gasteiger partial charge in [-0.2, -0.15) is 0 Å². The van der Waals surface area contributed by atoms with Crippen LogP contribution in [0.4, 0.5) is 0 Å². The van der Waals surface area contributed by atoms with Crippen LogP contribution in [0.2, 0.25) is 0 Å². The maximum Gasteiger partial charge on any atom is 0.245 e. The van der Waals surface area contributed by atoms with Crippen LogP contribution in [0.1, 0.15) is 30.1 Å². The fraction of sp³-hybridized carbons (Fsp3) is 0.182. The molecule has 3 aromatic carbocycles. The number of rotatable bonds is 6. The van der Waals surface area contributed by atoms with Crippen molar-refractivity contribution in [2.75, 3.05) is 0 Å². The van der Waals surface area contributed by atoms with Gasteiger partial charge in [0.25, 0.3) is 0 Å². The first kappa shape index (κ1) is 17.9. The molecule has 0 saturated heterocycles. The molecule has 28 heavy (non-hydrogen) atoms. The van der Waals surface area contributed by atoms with E-state index in [2.05, 4.69) is 51.2 Å². The number of carbonyl (C=O) groups is 1. The van der Waals surface area contributed by atoms with Gasteiger partial charge >= 0.3 is 0 Å². The molecule has 2 atom stereocenters. The van der Waals surface area contributed by atoms with Crippen molar-refractivity contribution in [3.63, 3.8) is 0 Å². The molecule has 1 aromatic heterocycles. The van der Waals surface area contributed by atoms with Crippen LogP contribution in [-0.4, -0.2) is 26.1 Å². The maximum atomic E-state index is 13.1. The zero-order valence-corrected chi connectivity index (χ0v) is 15.6. The highest BCUT2D eigenvalue weighted by Crippen LogP contribution is 2.21. The summed E-state index contributed by atoms with van der Waals surface area (Å²) in [6.07, 6.45) is 2.00. The summed E-state index contributed by atoms with van der Waals surface area (Å²) in [7, 11) is 0. The number of fused-ring (bicyclic) bond motifs is 1. The van der Waals surface area contributed by atoms with E-state index in [9.17, 15) is 4.79 Å². The lowest BCUT2D eigenvalue weighted by atomic mass is 10.0. The Bertz CT molecular complexity index is 1060. The van der Waals surface area contributed by atoms with Crippen LogP contribution in [0.15, 0.2) is 79.1 Å². The Hall–Kier alpha value is -3.54. The molecule has 0 saturated carbocycles. The summed E-state index contributed by atoms with van der Waals surface area (Å²) < 4.78 is 1.51. The largest absolute Gasteiger partial charge is 0.348 e. The summed E-state index contributed by atoms with van der Waals surface area (Å²) in [5.41, 5.74) is 2.11. The van der Waals surface area contributed by atoms with Gasteiger partial charge in [0.15, 0.2) is 0 Å². The summed E-state index contributed by atoms with van der Waals surface area (Å²) in [4.78, 5) is 13.1. The first-order valence-electron chi connectivity index (χ1n) is 9.26. The van der Waals surface area contributed by atoms with Gasteiger partial charge in [-0.15, -0.1) is 5.10 Å². The Labute approximate surface area is 163 Å². The Morgan fingerprint density at radius 3 is 2.50 bits per heavy atom. The molecule has 4 aromatic rings. The number of nitrogens with zero attached hydrogens (tertiary/aromatic N) is 4. The first-order valence-corrected chi connectivity index (χ1v) is 9.26. The van der Waals surface area contributed by atoms with E-state index in [0.717, 1.165) is 16.5 Å². The zero-order chi connectivity index (χ0) is 19.3. The minimum Gasteiger partial charge on any atom is -0.348 e. The molecule has 0 aliphatic rings. The first-order chi connectivity index (χ1) is 13.7. The normalized spacial score (nSPS) is 13.2. The maximum absolute atomic E-state index is 13.1. The molecule has 1 amide bonds. The molecule has 6 nitrogen and oxygen atoms in total. The second-order valence-electron chi connectivity index (χ2n) is 6.83. The Kier molecular flexibility index (Phi) is 5.10. The van der Waals surface area contributed by atoms with Crippen molar-refractivity contribution in [3.05, 3.63) is 90.3 Å². The van der Waals surface area contributed by atoms with Gasteiger partial charge in [-0.3, -0.25) is 4.79 Å². The molecule has 0 bridgehead atoms. The van der Waals surface area contributed by atoms with Crippen molar-refractivity contribution >= 4 is 16.7 Å². The van der Waals surface area contributed by atoms with Crippen LogP contribution in [0.3, 0.4) is 0 Å². The molecule has 0 aliphatic carbocycles. The minimum absolute atomic E-state index is 0.114. The van der Waals surface area contributed by atoms with Crippen molar-refractivity contribution in [1.29, 1.82) is 0 Å². The molecule has 0 aliphatic heterocycles. The molecule has 4 rings (SSSR count). The van der Waals surface area contributed by atoms with Gasteiger partial charge in [0, 0.05) is 6.42 Å². The zero-order valence-electron chi connectivity index (χ0n) is 15.6. The van der Waals surface area contributed by atoms with Gasteiger partial charge in [-0.1, -0.05) is 66.7 Å². The molecule has 2 unspecified atom stereocenters. The topological polar surface area (TPSA) is 72.7 Å². The van der Waals surface area contributed by atoms with Gasteiger partial charge in [0.05, 0.1) is 6.04 Å². The van der Waals surface area contributed by atoms with Gasteiger partial charge in [0.1, 0.15) is 12.4 Å². The summed E-state index contributed by atoms with van der Waals surface area (Å²) in [6, 6.07) is 23.7. The molecule has 1 N–H and O–H groups in total. The number of nitrogens with one attached hydrogen (secondary N) is 1. The molecule has 0 radical (unpaired) electrons. The van der Waals surface area contributed by atoms with Gasteiger partial charge in [0.2, 0.25) is 5.91 Å². The summed E-state index contributed by atoms with van der Waals surface area (Å²) in [6.45, 7) is 1.99. The Morgan fingerprint density at radius 2 is 1.75 bits per heavy atom. The van der Waals surface area contributed by atoms with Crippen LogP contribution >= 0.6 is 0 Å². The highest BCUT2D eigenvalue weighted by Gasteiger charge is 2.24. The predicted octanol–water partition coefficient (Wildman–Crippen LogP) is 3.49. The van der Waals surface area contributed by atoms with E-state index >= 15 is 0 Å². The third-order valence-corrected chi connectivity index (χ3v) is 4.89. The average molecular weight is 371 g/mol. The third kappa shape index (κ3) is 3.91. The number of tetrazole rings is 1. The van der Waals surface area contributed by atoms with E-state index in [1.54, 1.807) is 0 Å². The number of carbonyl (C=O) groups excluding carboxylic acids is 1. The average Bonchev–Trinajstić information content (AvgIpc) is 3.26. The molecule has 140 valence electrons. The molecule has 0 spiro atoms. The molecule has 6 heteroatoms. The summed E-state index contributed by atoms with van der Waals surface area (Å²) in [5, 5.41) is 16.8. The second-order valence-corrected chi connectivity index (χ2v) is 6.83. The predicted molar refractivity (Wildman–Crippen MR) is 108 cm³/mol. The van der Waals surface area contributed by atoms with Crippen molar-refractivity contribution < 1.29 is 4.79 Å². The van der Waals surface area contributed by atoms with Crippen LogP contribution in [0.5, 0.6) is 0 Å². The highest BCUT2D eigenvalue weighted by molar-refractivity contribution is 5.84. The smallest absolute Gasteiger partial charge is 0.245 e. The van der Waals surface area contributed by atoms with E-state index in [-0.39, 0.29) is 11.9 Å². The van der Waals surface area contributed by atoms with E-state index in [1.165, 1.54) is 16.4 Å². The second kappa shape index (κ2) is 8.00. The minimum atomic E-state index is -0.514. The van der Waals surface area contributed by atoms with Gasteiger partial charge in [-0.05, 0) is 45.3 Å². The monoisotopic (exact) mass is 371 g/mol. The Morgan fingerprint density at radius 1 is 1.00 bits per heavy atom. The summed E-state index contributed by atoms with van der Waals surface area (Å²) >= 11 is 0. The lowest BCUT2D eigenvalue weighted by Crippen LogP contribution is -2.35. The highest BCUT2D eigenvalue weighted by atomic mass is 16.2. The SMILES string of the molecule is CC(NC(=O)C(Cc1ccccc1)n1cnnn1)c1ccc2ccccc2c1. The van der Waals surface area contributed by atoms with E-state index < -0.39 is 6.04 Å². The van der Waals surface area contributed by atoms with Crippen LogP contribution in [-0.2, 0) is 11.2 Å². The van der Waals surface area contributed by atoms with Gasteiger partial charge in [-0.25, -0.2) is 4.68 Å². The number of amides is 1. The lowest BCUT2D eigenvalue weighted by molar-refractivity contribution is -0.125. The van der Waals surface area contributed by atoms with Gasteiger partial charge < -0.3 is 5.32 Å². The van der Waals surface area contributed by atoms with Crippen LogP contribution < -0.4 is 5.32 Å². The van der Waals surface area contributed by atoms with Crippen LogP contribution in [0.25, 0.3) is 10.8 Å². The van der Waals surface area contributed by atoms with Crippen molar-refractivity contribution in [2.45, 2.75) is 25.4 Å². The molecule has 0 fully saturated rings. The van der Waals surface area contributed by atoms with Crippen LogP contribution in [0, 0.1) is 0 Å². The van der Waals surface area contributed by atoms with Crippen molar-refractivity contribution in [3.8, 4) is 0 Å². The third-order valence-electron chi connectivity index (χ3n) is 4.89. The van der Waals surface area contributed by atoms with Crippen molar-refractivity contribution in [2.24, 2.45) is 0 Å². The number of hydrogen-bond acceptors (Lipinski definition) is 4. The van der Waals surface area contributed by atoms with Crippen molar-refractivity contribution in [1.82, 2.24) is 25.5 Å².